The number of hydrazine groups is 1. The zero-order valence-electron chi connectivity index (χ0n) is 7.75. The van der Waals surface area contributed by atoms with Crippen LogP contribution in [0.2, 0.25) is 0 Å². The Hall–Kier alpha value is -0.680. The monoisotopic (exact) mass is 190 g/mol. The molecule has 0 heterocycles. The van der Waals surface area contributed by atoms with Gasteiger partial charge in [-0.2, -0.15) is 0 Å². The fourth-order valence-corrected chi connectivity index (χ4v) is 0.626. The minimum absolute atomic E-state index is 0.0186. The molecule has 0 aromatic carbocycles. The van der Waals surface area contributed by atoms with Gasteiger partial charge in [0.15, 0.2) is 0 Å². The van der Waals surface area contributed by atoms with Gasteiger partial charge in [-0.15, -0.1) is 0 Å². The Labute approximate surface area is 77.6 Å². The van der Waals surface area contributed by atoms with Crippen LogP contribution in [0.4, 0.5) is 0 Å². The van der Waals surface area contributed by atoms with Crippen LogP contribution in [-0.2, 0) is 9.53 Å². The van der Waals surface area contributed by atoms with Gasteiger partial charge in [0.2, 0.25) is 5.91 Å². The Balaban J connectivity index is 4.41. The number of nitrogens with two attached hydrogens (primary N) is 1. The molecule has 0 aromatic rings. The predicted molar refractivity (Wildman–Crippen MR) is 50.1 cm³/mol. The Morgan fingerprint density at radius 3 is 2.17 bits per heavy atom. The van der Waals surface area contributed by atoms with E-state index >= 15 is 0 Å². The second kappa shape index (κ2) is 3.82. The van der Waals surface area contributed by atoms with E-state index in [4.69, 9.17) is 5.84 Å². The molecule has 1 amide bonds. The molecule has 0 aliphatic rings. The third-order valence-electron chi connectivity index (χ3n) is 1.23. The van der Waals surface area contributed by atoms with Crippen LogP contribution in [0.3, 0.4) is 0 Å². The summed E-state index contributed by atoms with van der Waals surface area (Å²) in [6.07, 6.45) is 0. The van der Waals surface area contributed by atoms with Crippen LogP contribution in [0.1, 0.15) is 20.8 Å². The van der Waals surface area contributed by atoms with E-state index in [9.17, 15) is 4.79 Å². The van der Waals surface area contributed by atoms with Crippen molar-refractivity contribution in [2.24, 2.45) is 11.3 Å². The van der Waals surface area contributed by atoms with Crippen molar-refractivity contribution < 1.29 is 9.53 Å². The summed E-state index contributed by atoms with van der Waals surface area (Å²) in [4.78, 5) is 11.4. The highest BCUT2D eigenvalue weighted by Crippen LogP contribution is 2.15. The van der Waals surface area contributed by atoms with Crippen molar-refractivity contribution in [1.82, 2.24) is 5.01 Å². The molecule has 0 rings (SSSR count). The molecular formula is C7H14N2O2S. The maximum Gasteiger partial charge on any atom is 0.280 e. The molecule has 0 unspecified atom stereocenters. The topological polar surface area (TPSA) is 55.6 Å². The zero-order valence-corrected chi connectivity index (χ0v) is 8.57. The highest BCUT2D eigenvalue weighted by molar-refractivity contribution is 7.80. The summed E-state index contributed by atoms with van der Waals surface area (Å²) in [6, 6.07) is 0. The highest BCUT2D eigenvalue weighted by atomic mass is 32.1. The van der Waals surface area contributed by atoms with E-state index in [1.54, 1.807) is 20.8 Å². The molecule has 0 saturated heterocycles. The lowest BCUT2D eigenvalue weighted by Gasteiger charge is -2.24. The first-order chi connectivity index (χ1) is 5.30. The molecular weight excluding hydrogens is 176 g/mol. The van der Waals surface area contributed by atoms with E-state index in [0.717, 1.165) is 5.01 Å². The van der Waals surface area contributed by atoms with E-state index in [2.05, 4.69) is 17.0 Å². The van der Waals surface area contributed by atoms with Gasteiger partial charge in [0.05, 0.1) is 7.11 Å². The highest BCUT2D eigenvalue weighted by Gasteiger charge is 2.28. The summed E-state index contributed by atoms with van der Waals surface area (Å²) in [5, 5.41) is 0.824. The van der Waals surface area contributed by atoms with Gasteiger partial charge in [-0.3, -0.25) is 4.79 Å². The van der Waals surface area contributed by atoms with Crippen LogP contribution in [0.25, 0.3) is 0 Å². The first-order valence-corrected chi connectivity index (χ1v) is 3.88. The third kappa shape index (κ3) is 2.75. The second-order valence-corrected chi connectivity index (χ2v) is 3.74. The van der Waals surface area contributed by atoms with E-state index in [1.165, 1.54) is 7.11 Å². The molecule has 0 aromatic heterocycles. The van der Waals surface area contributed by atoms with Gasteiger partial charge in [0.1, 0.15) is 0 Å². The summed E-state index contributed by atoms with van der Waals surface area (Å²) in [7, 11) is 1.37. The summed E-state index contributed by atoms with van der Waals surface area (Å²) in [5.74, 6) is 5.11. The molecule has 0 atom stereocenters. The molecule has 0 fully saturated rings. The molecule has 70 valence electrons. The van der Waals surface area contributed by atoms with Crippen LogP contribution < -0.4 is 5.84 Å². The van der Waals surface area contributed by atoms with Crippen LogP contribution in [0, 0.1) is 5.41 Å². The zero-order chi connectivity index (χ0) is 9.94. The molecule has 0 saturated carbocycles. The Morgan fingerprint density at radius 1 is 1.50 bits per heavy atom. The number of hydrogen-bond donors (Lipinski definition) is 1. The minimum Gasteiger partial charge on any atom is -0.473 e. The van der Waals surface area contributed by atoms with Crippen LogP contribution >= 0.6 is 12.2 Å². The van der Waals surface area contributed by atoms with Gasteiger partial charge in [0.25, 0.3) is 5.17 Å². The maximum absolute atomic E-state index is 11.4. The number of hydrogen-bond acceptors (Lipinski definition) is 4. The smallest absolute Gasteiger partial charge is 0.280 e. The fourth-order valence-electron chi connectivity index (χ4n) is 0.543. The molecule has 0 radical (unpaired) electrons. The number of carbonyl (C=O) groups excluding carboxylic acids is 1. The fraction of sp³-hybridized carbons (Fsp3) is 0.714. The number of methoxy groups -OCH3 is 1. The molecule has 0 spiro atoms. The first-order valence-electron chi connectivity index (χ1n) is 3.48. The van der Waals surface area contributed by atoms with Crippen molar-refractivity contribution in [1.29, 1.82) is 0 Å². The van der Waals surface area contributed by atoms with Gasteiger partial charge in [-0.25, -0.2) is 10.9 Å². The normalized spacial score (nSPS) is 10.8. The Morgan fingerprint density at radius 2 is 1.92 bits per heavy atom. The second-order valence-electron chi connectivity index (χ2n) is 3.40. The Bertz CT molecular complexity index is 198. The van der Waals surface area contributed by atoms with Crippen molar-refractivity contribution in [3.8, 4) is 0 Å². The quantitative estimate of drug-likeness (QED) is 0.264. The average Bonchev–Trinajstić information content (AvgIpc) is 1.98. The van der Waals surface area contributed by atoms with E-state index in [1.807, 2.05) is 0 Å². The summed E-state index contributed by atoms with van der Waals surface area (Å²) in [6.45, 7) is 5.27. The van der Waals surface area contributed by atoms with Crippen molar-refractivity contribution >= 4 is 23.3 Å². The maximum atomic E-state index is 11.4. The molecule has 4 nitrogen and oxygen atoms in total. The van der Waals surface area contributed by atoms with Crippen molar-refractivity contribution in [3.05, 3.63) is 0 Å². The van der Waals surface area contributed by atoms with E-state index < -0.39 is 5.41 Å². The number of rotatable bonds is 0. The van der Waals surface area contributed by atoms with Crippen LogP contribution in [0.5, 0.6) is 0 Å². The van der Waals surface area contributed by atoms with Crippen LogP contribution in [0.15, 0.2) is 0 Å². The van der Waals surface area contributed by atoms with E-state index in [-0.39, 0.29) is 11.1 Å². The minimum atomic E-state index is -0.544. The number of nitrogens with zero attached hydrogens (tertiary/aromatic N) is 1. The number of thiocarbonyl (C=S) groups is 1. The largest absolute Gasteiger partial charge is 0.473 e. The van der Waals surface area contributed by atoms with Crippen molar-refractivity contribution in [2.45, 2.75) is 20.8 Å². The number of carbonyl (C=O) groups is 1. The molecule has 0 bridgehead atoms. The number of amides is 1. The Kier molecular flexibility index (Phi) is 3.60. The average molecular weight is 190 g/mol. The standard InChI is InChI=1S/C7H14N2O2S/c1-7(2,3)5(10)9(8)6(12)11-4/h8H2,1-4H3. The number of ether oxygens (including phenoxy) is 1. The van der Waals surface area contributed by atoms with Gasteiger partial charge < -0.3 is 4.74 Å². The van der Waals surface area contributed by atoms with Crippen molar-refractivity contribution in [2.75, 3.05) is 7.11 Å². The molecule has 12 heavy (non-hydrogen) atoms. The SMILES string of the molecule is COC(=S)N(N)C(=O)C(C)(C)C. The van der Waals surface area contributed by atoms with E-state index in [0.29, 0.717) is 0 Å². The molecule has 0 aliphatic heterocycles. The van der Waals surface area contributed by atoms with Crippen LogP contribution in [-0.4, -0.2) is 23.2 Å². The summed E-state index contributed by atoms with van der Waals surface area (Å²) < 4.78 is 4.64. The first kappa shape index (κ1) is 11.3. The van der Waals surface area contributed by atoms with Crippen molar-refractivity contribution in [3.63, 3.8) is 0 Å². The van der Waals surface area contributed by atoms with Gasteiger partial charge >= 0.3 is 0 Å². The molecule has 2 N–H and O–H groups in total. The van der Waals surface area contributed by atoms with Gasteiger partial charge in [-0.05, 0) is 12.2 Å². The lowest BCUT2D eigenvalue weighted by Crippen LogP contribution is -2.47. The lowest BCUT2D eigenvalue weighted by atomic mass is 9.96. The van der Waals surface area contributed by atoms with Gasteiger partial charge in [0, 0.05) is 5.41 Å². The third-order valence-corrected chi connectivity index (χ3v) is 1.60. The predicted octanol–water partition coefficient (Wildman–Crippen LogP) is 0.666. The summed E-state index contributed by atoms with van der Waals surface area (Å²) >= 11 is 4.68. The van der Waals surface area contributed by atoms with Gasteiger partial charge in [-0.1, -0.05) is 20.8 Å². The summed E-state index contributed by atoms with van der Waals surface area (Å²) in [5.41, 5.74) is -0.544. The lowest BCUT2D eigenvalue weighted by molar-refractivity contribution is -0.136. The molecule has 0 aliphatic carbocycles. The molecule has 5 heteroatoms.